The fourth-order valence-electron chi connectivity index (χ4n) is 1.76. The first-order valence-corrected chi connectivity index (χ1v) is 7.80. The molecular formula is C18H33N3O. The Balaban J connectivity index is -0.000000394. The molecule has 0 saturated heterocycles. The molecule has 1 aliphatic carbocycles. The minimum atomic E-state index is -0.318. The predicted molar refractivity (Wildman–Crippen MR) is 97.2 cm³/mol. The van der Waals surface area contributed by atoms with Gasteiger partial charge >= 0.3 is 0 Å². The van der Waals surface area contributed by atoms with Gasteiger partial charge in [-0.15, -0.1) is 25.7 Å². The lowest BCUT2D eigenvalue weighted by atomic mass is 9.99. The highest BCUT2D eigenvalue weighted by atomic mass is 16.2. The second kappa shape index (κ2) is 14.0. The third-order valence-electron chi connectivity index (χ3n) is 2.72. The van der Waals surface area contributed by atoms with E-state index in [0.29, 0.717) is 18.3 Å². The van der Waals surface area contributed by atoms with Crippen LogP contribution in [0.3, 0.4) is 0 Å². The van der Waals surface area contributed by atoms with Crippen LogP contribution in [-0.4, -0.2) is 28.9 Å². The van der Waals surface area contributed by atoms with Gasteiger partial charge in [0.15, 0.2) is 5.96 Å². The number of carbonyl (C=O) groups is 1. The van der Waals surface area contributed by atoms with Crippen LogP contribution in [0.1, 0.15) is 60.8 Å². The number of nitrogens with zero attached hydrogens (tertiary/aromatic N) is 2. The van der Waals surface area contributed by atoms with Gasteiger partial charge in [-0.05, 0) is 32.6 Å². The van der Waals surface area contributed by atoms with Crippen molar-refractivity contribution in [1.29, 1.82) is 0 Å². The van der Waals surface area contributed by atoms with E-state index < -0.39 is 0 Å². The Bertz CT molecular complexity index is 357. The molecule has 0 aromatic heterocycles. The van der Waals surface area contributed by atoms with Gasteiger partial charge in [0.1, 0.15) is 0 Å². The average molecular weight is 307 g/mol. The molecule has 0 spiro atoms. The van der Waals surface area contributed by atoms with Crippen molar-refractivity contribution in [2.75, 3.05) is 6.54 Å². The first kappa shape index (κ1) is 25.0. The maximum Gasteiger partial charge on any atom is 0.231 e. The molecule has 0 bridgehead atoms. The number of terminal acetylenes is 2. The van der Waals surface area contributed by atoms with Crippen molar-refractivity contribution in [2.24, 2.45) is 16.6 Å². The second-order valence-corrected chi connectivity index (χ2v) is 4.91. The summed E-state index contributed by atoms with van der Waals surface area (Å²) in [5.41, 5.74) is 5.46. The van der Waals surface area contributed by atoms with Crippen molar-refractivity contribution < 1.29 is 4.79 Å². The molecule has 2 rings (SSSR count). The minimum absolute atomic E-state index is 0.120. The van der Waals surface area contributed by atoms with Crippen molar-refractivity contribution in [3.63, 3.8) is 0 Å². The summed E-state index contributed by atoms with van der Waals surface area (Å²) in [5, 5.41) is 0. The number of amides is 1. The van der Waals surface area contributed by atoms with Gasteiger partial charge < -0.3 is 5.73 Å². The standard InChI is InChI=1S/C10H17N3O.2C2H6.2C2H2/c1-10(2)5-8(14)13(9(11)12-10)6-7-3-4-7;4*1-2/h7H,3-6H2,1-2H3,(H2,11,12);2*1-2H3;2*1-2H. The van der Waals surface area contributed by atoms with Gasteiger partial charge in [-0.3, -0.25) is 9.69 Å². The fraction of sp³-hybridized carbons (Fsp3) is 0.667. The molecule has 1 amide bonds. The molecule has 1 saturated carbocycles. The topological polar surface area (TPSA) is 58.7 Å². The quantitative estimate of drug-likeness (QED) is 0.796. The molecule has 0 aromatic carbocycles. The smallest absolute Gasteiger partial charge is 0.231 e. The third kappa shape index (κ3) is 9.88. The van der Waals surface area contributed by atoms with Gasteiger partial charge in [0.05, 0.1) is 12.0 Å². The Hall–Kier alpha value is -1.94. The van der Waals surface area contributed by atoms with Crippen LogP contribution in [0.15, 0.2) is 4.99 Å². The number of hydrogen-bond donors (Lipinski definition) is 1. The first-order valence-electron chi connectivity index (χ1n) is 7.80. The van der Waals surface area contributed by atoms with Crippen LogP contribution in [0.5, 0.6) is 0 Å². The van der Waals surface area contributed by atoms with E-state index in [1.807, 2.05) is 41.5 Å². The number of nitrogens with two attached hydrogens (primary N) is 1. The molecule has 4 heteroatoms. The summed E-state index contributed by atoms with van der Waals surface area (Å²) in [6.07, 6.45) is 18.9. The Morgan fingerprint density at radius 1 is 1.14 bits per heavy atom. The molecule has 126 valence electrons. The lowest BCUT2D eigenvalue weighted by molar-refractivity contribution is -0.129. The maximum absolute atomic E-state index is 11.7. The Labute approximate surface area is 137 Å². The third-order valence-corrected chi connectivity index (χ3v) is 2.72. The number of hydrogen-bond acceptors (Lipinski definition) is 3. The largest absolute Gasteiger partial charge is 0.369 e. The molecule has 2 N–H and O–H groups in total. The molecule has 1 fully saturated rings. The van der Waals surface area contributed by atoms with Crippen LogP contribution in [-0.2, 0) is 4.79 Å². The van der Waals surface area contributed by atoms with E-state index in [0.717, 1.165) is 6.54 Å². The molecule has 0 radical (unpaired) electrons. The highest BCUT2D eigenvalue weighted by Gasteiger charge is 2.35. The van der Waals surface area contributed by atoms with E-state index in [2.05, 4.69) is 30.7 Å². The minimum Gasteiger partial charge on any atom is -0.369 e. The zero-order valence-electron chi connectivity index (χ0n) is 15.1. The summed E-state index contributed by atoms with van der Waals surface area (Å²) >= 11 is 0. The van der Waals surface area contributed by atoms with Crippen molar-refractivity contribution in [2.45, 2.75) is 66.3 Å². The van der Waals surface area contributed by atoms with E-state index in [1.54, 1.807) is 4.90 Å². The SMILES string of the molecule is C#C.C#C.CC.CC.CC1(C)CC(=O)N(CC2CC2)C(N)=N1. The van der Waals surface area contributed by atoms with E-state index >= 15 is 0 Å². The van der Waals surface area contributed by atoms with E-state index in [1.165, 1.54) is 12.8 Å². The summed E-state index contributed by atoms with van der Waals surface area (Å²) in [5.74, 6) is 1.18. The van der Waals surface area contributed by atoms with Gasteiger partial charge in [0.2, 0.25) is 5.91 Å². The Morgan fingerprint density at radius 2 is 1.55 bits per heavy atom. The van der Waals surface area contributed by atoms with E-state index in [-0.39, 0.29) is 11.4 Å². The Morgan fingerprint density at radius 3 is 1.86 bits per heavy atom. The maximum atomic E-state index is 11.7. The molecule has 0 aromatic rings. The zero-order chi connectivity index (χ0) is 18.3. The molecule has 1 aliphatic heterocycles. The van der Waals surface area contributed by atoms with Gasteiger partial charge in [0, 0.05) is 6.54 Å². The van der Waals surface area contributed by atoms with Crippen molar-refractivity contribution in [1.82, 2.24) is 4.90 Å². The molecule has 0 atom stereocenters. The summed E-state index contributed by atoms with van der Waals surface area (Å²) < 4.78 is 0. The second-order valence-electron chi connectivity index (χ2n) is 4.91. The van der Waals surface area contributed by atoms with Crippen LogP contribution in [0.25, 0.3) is 0 Å². The highest BCUT2D eigenvalue weighted by Crippen LogP contribution is 2.31. The Kier molecular flexibility index (Phi) is 16.0. The molecule has 0 unspecified atom stereocenters. The van der Waals surface area contributed by atoms with Gasteiger partial charge in [0.25, 0.3) is 0 Å². The lowest BCUT2D eigenvalue weighted by Gasteiger charge is -2.32. The summed E-state index contributed by atoms with van der Waals surface area (Å²) in [6.45, 7) is 12.6. The number of rotatable bonds is 2. The summed E-state index contributed by atoms with van der Waals surface area (Å²) in [4.78, 5) is 17.7. The molecular weight excluding hydrogens is 274 g/mol. The number of carbonyl (C=O) groups excluding carboxylic acids is 1. The molecule has 22 heavy (non-hydrogen) atoms. The molecule has 1 heterocycles. The summed E-state index contributed by atoms with van der Waals surface area (Å²) in [6, 6.07) is 0. The fourth-order valence-corrected chi connectivity index (χ4v) is 1.76. The van der Waals surface area contributed by atoms with Crippen LogP contribution < -0.4 is 5.73 Å². The molecule has 2 aliphatic rings. The molecule has 4 nitrogen and oxygen atoms in total. The van der Waals surface area contributed by atoms with Gasteiger partial charge in [-0.25, -0.2) is 4.99 Å². The average Bonchev–Trinajstić information content (AvgIpc) is 3.34. The first-order chi connectivity index (χ1) is 10.5. The monoisotopic (exact) mass is 307 g/mol. The van der Waals surface area contributed by atoms with E-state index in [4.69, 9.17) is 5.73 Å². The van der Waals surface area contributed by atoms with Crippen molar-refractivity contribution in [3.8, 4) is 25.7 Å². The normalized spacial score (nSPS) is 17.5. The van der Waals surface area contributed by atoms with Crippen LogP contribution >= 0.6 is 0 Å². The van der Waals surface area contributed by atoms with Crippen LogP contribution in [0.4, 0.5) is 0 Å². The predicted octanol–water partition coefficient (Wildman–Crippen LogP) is 3.27. The van der Waals surface area contributed by atoms with E-state index in [9.17, 15) is 4.79 Å². The highest BCUT2D eigenvalue weighted by molar-refractivity contribution is 5.98. The van der Waals surface area contributed by atoms with Crippen molar-refractivity contribution >= 4 is 11.9 Å². The summed E-state index contributed by atoms with van der Waals surface area (Å²) in [7, 11) is 0. The van der Waals surface area contributed by atoms with Crippen LogP contribution in [0.2, 0.25) is 0 Å². The number of guanidine groups is 1. The van der Waals surface area contributed by atoms with Gasteiger partial charge in [-0.2, -0.15) is 0 Å². The number of aliphatic imine (C=N–C) groups is 1. The zero-order valence-corrected chi connectivity index (χ0v) is 15.1. The lowest BCUT2D eigenvalue weighted by Crippen LogP contribution is -2.50. The van der Waals surface area contributed by atoms with Gasteiger partial charge in [-0.1, -0.05) is 27.7 Å². The van der Waals surface area contributed by atoms with Crippen molar-refractivity contribution in [3.05, 3.63) is 0 Å². The van der Waals surface area contributed by atoms with Crippen LogP contribution in [0, 0.1) is 31.6 Å².